The largest absolute Gasteiger partial charge is 0.356 e. The highest BCUT2D eigenvalue weighted by Crippen LogP contribution is 2.25. The highest BCUT2D eigenvalue weighted by molar-refractivity contribution is 5.76. The molecule has 3 N–H and O–H groups in total. The molecule has 1 amide bonds. The minimum absolute atomic E-state index is 0.244. The van der Waals surface area contributed by atoms with Gasteiger partial charge in [-0.15, -0.1) is 0 Å². The standard InChI is InChI=1S/C15H29N3O/c1-18-8-2-3-13(11-18)10-17-15(19)9-12-4-6-14(16)7-5-12/h12-14H,2-11,16H2,1H3,(H,17,19). The SMILES string of the molecule is CN1CCCC(CNC(=O)CC2CCC(N)CC2)C1. The quantitative estimate of drug-likeness (QED) is 0.808. The molecule has 4 nitrogen and oxygen atoms in total. The van der Waals surface area contributed by atoms with Crippen molar-refractivity contribution in [3.05, 3.63) is 0 Å². The summed E-state index contributed by atoms with van der Waals surface area (Å²) in [5, 5.41) is 3.13. The molecule has 0 radical (unpaired) electrons. The minimum Gasteiger partial charge on any atom is -0.356 e. The molecule has 1 saturated heterocycles. The molecule has 1 aliphatic heterocycles. The summed E-state index contributed by atoms with van der Waals surface area (Å²) in [4.78, 5) is 14.3. The number of carbonyl (C=O) groups is 1. The van der Waals surface area contributed by atoms with Crippen LogP contribution in [-0.4, -0.2) is 43.5 Å². The molecular formula is C15H29N3O. The third-order valence-electron chi connectivity index (χ3n) is 4.68. The number of piperidine rings is 1. The molecule has 2 rings (SSSR count). The zero-order valence-electron chi connectivity index (χ0n) is 12.2. The summed E-state index contributed by atoms with van der Waals surface area (Å²) in [6, 6.07) is 0.372. The number of nitrogens with one attached hydrogen (secondary N) is 1. The van der Waals surface area contributed by atoms with Gasteiger partial charge < -0.3 is 16.0 Å². The second-order valence-electron chi connectivity index (χ2n) is 6.56. The summed E-state index contributed by atoms with van der Waals surface area (Å²) in [6.07, 6.45) is 7.65. The van der Waals surface area contributed by atoms with E-state index >= 15 is 0 Å². The van der Waals surface area contributed by atoms with Gasteiger partial charge in [-0.1, -0.05) is 0 Å². The van der Waals surface area contributed by atoms with Gasteiger partial charge in [-0.3, -0.25) is 4.79 Å². The van der Waals surface area contributed by atoms with Gasteiger partial charge in [0.05, 0.1) is 0 Å². The van der Waals surface area contributed by atoms with E-state index in [-0.39, 0.29) is 5.91 Å². The first-order valence-electron chi connectivity index (χ1n) is 7.84. The maximum absolute atomic E-state index is 12.0. The van der Waals surface area contributed by atoms with E-state index in [1.54, 1.807) is 0 Å². The molecule has 0 bridgehead atoms. The van der Waals surface area contributed by atoms with E-state index < -0.39 is 0 Å². The van der Waals surface area contributed by atoms with Crippen molar-refractivity contribution in [2.45, 2.75) is 51.0 Å². The molecule has 1 atom stereocenters. The van der Waals surface area contributed by atoms with E-state index in [1.807, 2.05) is 0 Å². The molecule has 1 heterocycles. The number of carbonyl (C=O) groups excluding carboxylic acids is 1. The second-order valence-corrected chi connectivity index (χ2v) is 6.56. The Balaban J connectivity index is 1.61. The Kier molecular flexibility index (Phi) is 5.64. The van der Waals surface area contributed by atoms with E-state index in [4.69, 9.17) is 5.73 Å². The summed E-state index contributed by atoms with van der Waals surface area (Å²) in [5.74, 6) is 1.45. The Morgan fingerprint density at radius 3 is 2.63 bits per heavy atom. The smallest absolute Gasteiger partial charge is 0.220 e. The van der Waals surface area contributed by atoms with E-state index in [0.717, 1.165) is 38.8 Å². The van der Waals surface area contributed by atoms with Crippen LogP contribution in [0.5, 0.6) is 0 Å². The van der Waals surface area contributed by atoms with Gasteiger partial charge in [0.2, 0.25) is 5.91 Å². The fourth-order valence-corrected chi connectivity index (χ4v) is 3.42. The Bertz CT molecular complexity index is 287. The molecule has 0 aromatic rings. The van der Waals surface area contributed by atoms with Gasteiger partial charge in [-0.25, -0.2) is 0 Å². The van der Waals surface area contributed by atoms with Crippen LogP contribution in [0, 0.1) is 11.8 Å². The van der Waals surface area contributed by atoms with Crippen LogP contribution in [0.3, 0.4) is 0 Å². The number of rotatable bonds is 4. The Labute approximate surface area is 117 Å². The molecule has 110 valence electrons. The van der Waals surface area contributed by atoms with Crippen molar-refractivity contribution >= 4 is 5.91 Å². The third-order valence-corrected chi connectivity index (χ3v) is 4.68. The van der Waals surface area contributed by atoms with Crippen LogP contribution in [0.2, 0.25) is 0 Å². The molecule has 1 aliphatic carbocycles. The first kappa shape index (κ1) is 14.8. The summed E-state index contributed by atoms with van der Waals surface area (Å²) >= 11 is 0. The van der Waals surface area contributed by atoms with Crippen molar-refractivity contribution < 1.29 is 4.79 Å². The van der Waals surface area contributed by atoms with Gasteiger partial charge in [-0.2, -0.15) is 0 Å². The van der Waals surface area contributed by atoms with E-state index in [1.165, 1.54) is 19.4 Å². The third kappa shape index (κ3) is 5.11. The first-order valence-corrected chi connectivity index (χ1v) is 7.84. The van der Waals surface area contributed by atoms with Crippen LogP contribution in [0.25, 0.3) is 0 Å². The highest BCUT2D eigenvalue weighted by Gasteiger charge is 2.22. The molecule has 0 spiro atoms. The Morgan fingerprint density at radius 2 is 1.95 bits per heavy atom. The Hall–Kier alpha value is -0.610. The van der Waals surface area contributed by atoms with Crippen LogP contribution in [0.4, 0.5) is 0 Å². The molecular weight excluding hydrogens is 238 g/mol. The molecule has 2 aliphatic rings. The van der Waals surface area contributed by atoms with Gasteiger partial charge in [0.15, 0.2) is 0 Å². The summed E-state index contributed by atoms with van der Waals surface area (Å²) < 4.78 is 0. The summed E-state index contributed by atoms with van der Waals surface area (Å²) in [5.41, 5.74) is 5.89. The highest BCUT2D eigenvalue weighted by atomic mass is 16.1. The first-order chi connectivity index (χ1) is 9.13. The molecule has 19 heavy (non-hydrogen) atoms. The van der Waals surface area contributed by atoms with Crippen LogP contribution in [0.15, 0.2) is 0 Å². The van der Waals surface area contributed by atoms with Crippen molar-refractivity contribution in [2.75, 3.05) is 26.7 Å². The van der Waals surface area contributed by atoms with Crippen LogP contribution in [0.1, 0.15) is 44.9 Å². The maximum Gasteiger partial charge on any atom is 0.220 e. The van der Waals surface area contributed by atoms with Crippen molar-refractivity contribution in [2.24, 2.45) is 17.6 Å². The molecule has 1 saturated carbocycles. The predicted molar refractivity (Wildman–Crippen MR) is 77.8 cm³/mol. The van der Waals surface area contributed by atoms with Crippen LogP contribution in [-0.2, 0) is 4.79 Å². The van der Waals surface area contributed by atoms with Crippen LogP contribution >= 0.6 is 0 Å². The molecule has 2 fully saturated rings. The van der Waals surface area contributed by atoms with Crippen molar-refractivity contribution in [3.63, 3.8) is 0 Å². The minimum atomic E-state index is 0.244. The zero-order chi connectivity index (χ0) is 13.7. The number of nitrogens with zero attached hydrogens (tertiary/aromatic N) is 1. The van der Waals surface area contributed by atoms with E-state index in [0.29, 0.717) is 24.3 Å². The maximum atomic E-state index is 12.0. The summed E-state index contributed by atoms with van der Waals surface area (Å²) in [7, 11) is 2.17. The monoisotopic (exact) mass is 267 g/mol. The van der Waals surface area contributed by atoms with Gasteiger partial charge in [0.1, 0.15) is 0 Å². The van der Waals surface area contributed by atoms with E-state index in [9.17, 15) is 4.79 Å². The average Bonchev–Trinajstić information content (AvgIpc) is 2.39. The lowest BCUT2D eigenvalue weighted by atomic mass is 9.84. The predicted octanol–water partition coefficient (Wildman–Crippen LogP) is 1.35. The molecule has 4 heteroatoms. The number of likely N-dealkylation sites (tertiary alicyclic amines) is 1. The lowest BCUT2D eigenvalue weighted by molar-refractivity contribution is -0.122. The van der Waals surface area contributed by atoms with Crippen molar-refractivity contribution in [1.29, 1.82) is 0 Å². The lowest BCUT2D eigenvalue weighted by Gasteiger charge is -2.30. The average molecular weight is 267 g/mol. The van der Waals surface area contributed by atoms with Gasteiger partial charge in [0.25, 0.3) is 0 Å². The van der Waals surface area contributed by atoms with Gasteiger partial charge in [-0.05, 0) is 64.0 Å². The topological polar surface area (TPSA) is 58.4 Å². The van der Waals surface area contributed by atoms with Gasteiger partial charge >= 0.3 is 0 Å². The molecule has 1 unspecified atom stereocenters. The van der Waals surface area contributed by atoms with Crippen molar-refractivity contribution in [1.82, 2.24) is 10.2 Å². The summed E-state index contributed by atoms with van der Waals surface area (Å²) in [6.45, 7) is 3.18. The Morgan fingerprint density at radius 1 is 1.21 bits per heavy atom. The van der Waals surface area contributed by atoms with Gasteiger partial charge in [0, 0.05) is 25.6 Å². The fraction of sp³-hybridized carbons (Fsp3) is 0.933. The second kappa shape index (κ2) is 7.25. The van der Waals surface area contributed by atoms with Crippen LogP contribution < -0.4 is 11.1 Å². The molecule has 0 aromatic carbocycles. The number of hydrogen-bond acceptors (Lipinski definition) is 3. The van der Waals surface area contributed by atoms with Crippen molar-refractivity contribution in [3.8, 4) is 0 Å². The fourth-order valence-electron chi connectivity index (χ4n) is 3.42. The number of amides is 1. The number of nitrogens with two attached hydrogens (primary N) is 1. The molecule has 0 aromatic heterocycles. The number of hydrogen-bond donors (Lipinski definition) is 2. The van der Waals surface area contributed by atoms with E-state index in [2.05, 4.69) is 17.3 Å². The zero-order valence-corrected chi connectivity index (χ0v) is 12.2. The normalized spacial score (nSPS) is 33.1. The lowest BCUT2D eigenvalue weighted by Crippen LogP contribution is -2.39.